The van der Waals surface area contributed by atoms with Crippen LogP contribution in [0.2, 0.25) is 5.02 Å². The Morgan fingerprint density at radius 2 is 2.00 bits per heavy atom. The molecule has 1 N–H and O–H groups in total. The summed E-state index contributed by atoms with van der Waals surface area (Å²) in [4.78, 5) is 22.3. The number of nitrogens with one attached hydrogen (secondary N) is 1. The minimum atomic E-state index is -0.615. The Balaban J connectivity index is 1.59. The second-order valence-corrected chi connectivity index (χ2v) is 6.33. The fourth-order valence-electron chi connectivity index (χ4n) is 2.02. The van der Waals surface area contributed by atoms with Crippen molar-refractivity contribution in [2.45, 2.75) is 5.22 Å². The second kappa shape index (κ2) is 7.98. The molecule has 0 saturated heterocycles. The molecular weight excluding hydrogens is 380 g/mol. The zero-order valence-corrected chi connectivity index (χ0v) is 14.7. The number of amides is 1. The lowest BCUT2D eigenvalue weighted by Gasteiger charge is -2.04. The van der Waals surface area contributed by atoms with Crippen LogP contribution in [-0.2, 0) is 4.79 Å². The van der Waals surface area contributed by atoms with Gasteiger partial charge in [0.2, 0.25) is 11.8 Å². The maximum atomic E-state index is 12.0. The Labute approximate surface area is 156 Å². The number of benzene rings is 2. The van der Waals surface area contributed by atoms with Gasteiger partial charge in [0, 0.05) is 17.3 Å². The first-order valence-electron chi connectivity index (χ1n) is 7.28. The number of nitro benzene ring substituents is 1. The zero-order chi connectivity index (χ0) is 18.5. The van der Waals surface area contributed by atoms with Crippen molar-refractivity contribution in [3.8, 4) is 11.5 Å². The molecule has 0 atom stereocenters. The molecule has 0 aliphatic heterocycles. The highest BCUT2D eigenvalue weighted by atomic mass is 35.5. The molecule has 132 valence electrons. The standard InChI is InChI=1S/C16H11ClN4O4S/c17-12-7-6-11(8-13(12)21(23)24)18-14(22)9-26-16-20-19-15(25-16)10-4-2-1-3-5-10/h1-8H,9H2,(H,18,22). The fourth-order valence-corrected chi connectivity index (χ4v) is 2.77. The van der Waals surface area contributed by atoms with Crippen molar-refractivity contribution in [2.24, 2.45) is 0 Å². The van der Waals surface area contributed by atoms with E-state index in [-0.39, 0.29) is 33.3 Å². The van der Waals surface area contributed by atoms with E-state index in [4.69, 9.17) is 16.0 Å². The van der Waals surface area contributed by atoms with Crippen LogP contribution in [0.3, 0.4) is 0 Å². The number of hydrogen-bond acceptors (Lipinski definition) is 7. The van der Waals surface area contributed by atoms with Gasteiger partial charge < -0.3 is 9.73 Å². The first kappa shape index (κ1) is 17.9. The van der Waals surface area contributed by atoms with Gasteiger partial charge in [-0.3, -0.25) is 14.9 Å². The van der Waals surface area contributed by atoms with E-state index in [1.54, 1.807) is 0 Å². The lowest BCUT2D eigenvalue weighted by Crippen LogP contribution is -2.14. The monoisotopic (exact) mass is 390 g/mol. The molecule has 3 rings (SSSR count). The Hall–Kier alpha value is -2.91. The quantitative estimate of drug-likeness (QED) is 0.384. The number of halogens is 1. The zero-order valence-electron chi connectivity index (χ0n) is 13.1. The van der Waals surface area contributed by atoms with E-state index in [1.165, 1.54) is 18.2 Å². The minimum Gasteiger partial charge on any atom is -0.411 e. The molecule has 1 heterocycles. The number of rotatable bonds is 6. The maximum Gasteiger partial charge on any atom is 0.289 e. The van der Waals surface area contributed by atoms with Crippen LogP contribution in [-0.4, -0.2) is 26.8 Å². The predicted octanol–water partition coefficient (Wildman–Crippen LogP) is 4.03. The highest BCUT2D eigenvalue weighted by Gasteiger charge is 2.15. The number of hydrogen-bond donors (Lipinski definition) is 1. The third-order valence-electron chi connectivity index (χ3n) is 3.18. The number of carbonyl (C=O) groups is 1. The van der Waals surface area contributed by atoms with Crippen molar-refractivity contribution < 1.29 is 14.1 Å². The van der Waals surface area contributed by atoms with Crippen molar-refractivity contribution in [1.82, 2.24) is 10.2 Å². The number of anilines is 1. The Morgan fingerprint density at radius 1 is 1.23 bits per heavy atom. The van der Waals surface area contributed by atoms with Gasteiger partial charge in [-0.2, -0.15) is 0 Å². The van der Waals surface area contributed by atoms with Gasteiger partial charge in [-0.15, -0.1) is 10.2 Å². The third kappa shape index (κ3) is 4.38. The van der Waals surface area contributed by atoms with Gasteiger partial charge in [0.25, 0.3) is 10.9 Å². The molecule has 8 nitrogen and oxygen atoms in total. The molecule has 0 aliphatic rings. The Morgan fingerprint density at radius 3 is 2.73 bits per heavy atom. The van der Waals surface area contributed by atoms with Crippen molar-refractivity contribution in [3.63, 3.8) is 0 Å². The summed E-state index contributed by atoms with van der Waals surface area (Å²) >= 11 is 6.80. The van der Waals surface area contributed by atoms with Crippen LogP contribution >= 0.6 is 23.4 Å². The lowest BCUT2D eigenvalue weighted by atomic mass is 10.2. The fraction of sp³-hybridized carbons (Fsp3) is 0.0625. The van der Waals surface area contributed by atoms with E-state index in [0.717, 1.165) is 17.3 Å². The predicted molar refractivity (Wildman–Crippen MR) is 97.2 cm³/mol. The molecule has 10 heteroatoms. The first-order valence-corrected chi connectivity index (χ1v) is 8.65. The Kier molecular flexibility index (Phi) is 5.49. The summed E-state index contributed by atoms with van der Waals surface area (Å²) in [5, 5.41) is 21.5. The summed E-state index contributed by atoms with van der Waals surface area (Å²) in [5.74, 6) is 0.000233. The molecule has 0 bridgehead atoms. The van der Waals surface area contributed by atoms with Gasteiger partial charge in [0.1, 0.15) is 5.02 Å². The van der Waals surface area contributed by atoms with E-state index in [2.05, 4.69) is 15.5 Å². The summed E-state index contributed by atoms with van der Waals surface area (Å²) in [5.41, 5.74) is 0.786. The molecule has 0 fully saturated rings. The largest absolute Gasteiger partial charge is 0.411 e. The van der Waals surface area contributed by atoms with Crippen molar-refractivity contribution in [3.05, 3.63) is 63.7 Å². The molecule has 3 aromatic rings. The molecule has 1 amide bonds. The van der Waals surface area contributed by atoms with Crippen molar-refractivity contribution >= 4 is 40.6 Å². The smallest absolute Gasteiger partial charge is 0.289 e. The van der Waals surface area contributed by atoms with Crippen LogP contribution in [0.25, 0.3) is 11.5 Å². The highest BCUT2D eigenvalue weighted by Crippen LogP contribution is 2.28. The number of nitro groups is 1. The maximum absolute atomic E-state index is 12.0. The van der Waals surface area contributed by atoms with Crippen LogP contribution < -0.4 is 5.32 Å². The normalized spacial score (nSPS) is 10.5. The average Bonchev–Trinajstić information content (AvgIpc) is 3.11. The number of nitrogens with zero attached hydrogens (tertiary/aromatic N) is 3. The molecular formula is C16H11ClN4O4S. The van der Waals surface area contributed by atoms with Gasteiger partial charge in [0.15, 0.2) is 0 Å². The van der Waals surface area contributed by atoms with Crippen molar-refractivity contribution in [1.29, 1.82) is 0 Å². The topological polar surface area (TPSA) is 111 Å². The van der Waals surface area contributed by atoms with E-state index in [9.17, 15) is 14.9 Å². The van der Waals surface area contributed by atoms with Gasteiger partial charge >= 0.3 is 0 Å². The third-order valence-corrected chi connectivity index (χ3v) is 4.32. The van der Waals surface area contributed by atoms with Crippen LogP contribution in [0.15, 0.2) is 58.2 Å². The Bertz CT molecular complexity index is 948. The molecule has 0 aliphatic carbocycles. The highest BCUT2D eigenvalue weighted by molar-refractivity contribution is 7.99. The summed E-state index contributed by atoms with van der Waals surface area (Å²) in [6.45, 7) is 0. The van der Waals surface area contributed by atoms with E-state index >= 15 is 0 Å². The summed E-state index contributed by atoms with van der Waals surface area (Å²) < 4.78 is 5.49. The average molecular weight is 391 g/mol. The molecule has 2 aromatic carbocycles. The van der Waals surface area contributed by atoms with Crippen LogP contribution in [0, 0.1) is 10.1 Å². The number of carbonyl (C=O) groups excluding carboxylic acids is 1. The van der Waals surface area contributed by atoms with Gasteiger partial charge in [-0.1, -0.05) is 41.6 Å². The SMILES string of the molecule is O=C(CSc1nnc(-c2ccccc2)o1)Nc1ccc(Cl)c([N+](=O)[O-])c1. The van der Waals surface area contributed by atoms with E-state index in [0.29, 0.717) is 5.89 Å². The number of aromatic nitrogens is 2. The van der Waals surface area contributed by atoms with E-state index < -0.39 is 4.92 Å². The van der Waals surface area contributed by atoms with Crippen molar-refractivity contribution in [2.75, 3.05) is 11.1 Å². The molecule has 0 radical (unpaired) electrons. The molecule has 26 heavy (non-hydrogen) atoms. The molecule has 0 unspecified atom stereocenters. The van der Waals surface area contributed by atoms with Crippen LogP contribution in [0.1, 0.15) is 0 Å². The van der Waals surface area contributed by atoms with Gasteiger partial charge in [0.05, 0.1) is 10.7 Å². The summed E-state index contributed by atoms with van der Waals surface area (Å²) in [7, 11) is 0. The molecule has 0 saturated carbocycles. The minimum absolute atomic E-state index is 0.00155. The summed E-state index contributed by atoms with van der Waals surface area (Å²) in [6, 6.07) is 13.3. The molecule has 0 spiro atoms. The number of thioether (sulfide) groups is 1. The first-order chi connectivity index (χ1) is 12.5. The van der Waals surface area contributed by atoms with Gasteiger partial charge in [-0.25, -0.2) is 0 Å². The van der Waals surface area contributed by atoms with Gasteiger partial charge in [-0.05, 0) is 24.3 Å². The van der Waals surface area contributed by atoms with Crippen LogP contribution in [0.5, 0.6) is 0 Å². The summed E-state index contributed by atoms with van der Waals surface area (Å²) in [6.07, 6.45) is 0. The second-order valence-electron chi connectivity index (χ2n) is 5.00. The van der Waals surface area contributed by atoms with E-state index in [1.807, 2.05) is 30.3 Å². The molecule has 1 aromatic heterocycles. The van der Waals surface area contributed by atoms with Crippen LogP contribution in [0.4, 0.5) is 11.4 Å². The lowest BCUT2D eigenvalue weighted by molar-refractivity contribution is -0.384.